The molecule has 3 aromatic heterocycles. The third-order valence-corrected chi connectivity index (χ3v) is 8.05. The highest BCUT2D eigenvalue weighted by atomic mass is 32.2. The van der Waals surface area contributed by atoms with Crippen LogP contribution in [0.2, 0.25) is 0 Å². The van der Waals surface area contributed by atoms with Gasteiger partial charge in [-0.05, 0) is 37.1 Å². The van der Waals surface area contributed by atoms with E-state index in [-0.39, 0.29) is 16.5 Å². The van der Waals surface area contributed by atoms with E-state index < -0.39 is 10.0 Å². The maximum atomic E-state index is 13.5. The van der Waals surface area contributed by atoms with Crippen molar-refractivity contribution in [2.24, 2.45) is 7.05 Å². The van der Waals surface area contributed by atoms with Crippen molar-refractivity contribution < 1.29 is 17.7 Å². The smallest absolute Gasteiger partial charge is 0.268 e. The van der Waals surface area contributed by atoms with Crippen LogP contribution in [0.15, 0.2) is 58.2 Å². The van der Waals surface area contributed by atoms with Gasteiger partial charge in [-0.2, -0.15) is 0 Å². The van der Waals surface area contributed by atoms with Crippen LogP contribution in [0.5, 0.6) is 0 Å². The Hall–Kier alpha value is -3.66. The molecule has 5 rings (SSSR count). The number of fused-ring (bicyclic) bond motifs is 2. The Balaban J connectivity index is 1.42. The number of amides is 1. The van der Waals surface area contributed by atoms with Crippen LogP contribution >= 0.6 is 0 Å². The van der Waals surface area contributed by atoms with E-state index in [0.717, 1.165) is 16.5 Å². The number of nitrogens with one attached hydrogen (secondary N) is 1. The van der Waals surface area contributed by atoms with E-state index in [4.69, 9.17) is 4.52 Å². The molecule has 33 heavy (non-hydrogen) atoms. The molecule has 1 aliphatic heterocycles. The van der Waals surface area contributed by atoms with Crippen molar-refractivity contribution in [1.29, 1.82) is 0 Å². The first-order valence-electron chi connectivity index (χ1n) is 10.6. The molecule has 4 heterocycles. The molecule has 0 radical (unpaired) electrons. The predicted molar refractivity (Wildman–Crippen MR) is 122 cm³/mol. The van der Waals surface area contributed by atoms with Gasteiger partial charge in [-0.1, -0.05) is 23.4 Å². The maximum absolute atomic E-state index is 13.5. The number of benzene rings is 1. The molecule has 1 amide bonds. The number of anilines is 1. The van der Waals surface area contributed by atoms with Gasteiger partial charge in [0.15, 0.2) is 5.76 Å². The van der Waals surface area contributed by atoms with Gasteiger partial charge in [0, 0.05) is 43.8 Å². The van der Waals surface area contributed by atoms with E-state index in [1.807, 2.05) is 30.3 Å². The van der Waals surface area contributed by atoms with Crippen molar-refractivity contribution >= 4 is 32.5 Å². The molecule has 1 aliphatic rings. The maximum Gasteiger partial charge on any atom is 0.268 e. The zero-order chi connectivity index (χ0) is 23.2. The average molecular weight is 466 g/mol. The van der Waals surface area contributed by atoms with Gasteiger partial charge in [0.05, 0.1) is 11.7 Å². The van der Waals surface area contributed by atoms with Crippen molar-refractivity contribution in [2.75, 3.05) is 10.8 Å². The molecule has 1 aromatic carbocycles. The topological polar surface area (TPSA) is 110 Å². The summed E-state index contributed by atoms with van der Waals surface area (Å²) in [6, 6.07) is 11.0. The van der Waals surface area contributed by atoms with E-state index in [1.165, 1.54) is 16.6 Å². The number of aromatic nitrogens is 3. The van der Waals surface area contributed by atoms with E-state index in [0.29, 0.717) is 43.1 Å². The summed E-state index contributed by atoms with van der Waals surface area (Å²) in [6.07, 6.45) is 4.44. The van der Waals surface area contributed by atoms with E-state index >= 15 is 0 Å². The lowest BCUT2D eigenvalue weighted by Gasteiger charge is -2.26. The number of aryl methyl sites for hydroxylation is 1. The molecule has 0 fully saturated rings. The first-order valence-corrected chi connectivity index (χ1v) is 12.1. The summed E-state index contributed by atoms with van der Waals surface area (Å²) < 4.78 is 35.1. The number of carbonyl (C=O) groups excluding carboxylic acids is 1. The molecule has 9 nitrogen and oxygen atoms in total. The molecule has 0 aliphatic carbocycles. The van der Waals surface area contributed by atoms with Crippen molar-refractivity contribution in [1.82, 2.24) is 20.0 Å². The number of hydrogen-bond donors (Lipinski definition) is 1. The molecule has 4 aromatic rings. The van der Waals surface area contributed by atoms with Crippen LogP contribution in [0.25, 0.3) is 10.9 Å². The fourth-order valence-electron chi connectivity index (χ4n) is 4.25. The average Bonchev–Trinajstić information content (AvgIpc) is 3.42. The molecule has 0 unspecified atom stereocenters. The van der Waals surface area contributed by atoms with Crippen molar-refractivity contribution in [3.63, 3.8) is 0 Å². The van der Waals surface area contributed by atoms with Gasteiger partial charge in [0.2, 0.25) is 0 Å². The first-order chi connectivity index (χ1) is 15.9. The fraction of sp³-hybridized carbons (Fsp3) is 0.261. The zero-order valence-corrected chi connectivity index (χ0v) is 19.1. The SMILES string of the molecule is Cc1c(S(=O)(=O)N2CCCc3oncc32)cc(C(=O)NCc2cccc3ncccc23)n1C. The van der Waals surface area contributed by atoms with Gasteiger partial charge in [-0.15, -0.1) is 0 Å². The Kier molecular flexibility index (Phi) is 5.16. The van der Waals surface area contributed by atoms with Crippen LogP contribution in [-0.2, 0) is 30.0 Å². The van der Waals surface area contributed by atoms with Crippen LogP contribution in [0, 0.1) is 6.92 Å². The minimum absolute atomic E-state index is 0.0959. The normalized spacial score (nSPS) is 13.8. The van der Waals surface area contributed by atoms with Crippen LogP contribution < -0.4 is 9.62 Å². The molecule has 170 valence electrons. The predicted octanol–water partition coefficient (Wildman–Crippen LogP) is 2.94. The number of carbonyl (C=O) groups is 1. The second kappa shape index (κ2) is 8.04. The standard InChI is InChI=1S/C23H23N5O4S/c1-15-22(33(30,31)28-11-5-9-21-20(28)14-26-32-21)12-19(27(15)2)23(29)25-13-16-6-3-8-18-17(16)7-4-10-24-18/h3-4,6-8,10,12,14H,5,9,11,13H2,1-2H3,(H,25,29). The van der Waals surface area contributed by atoms with Gasteiger partial charge >= 0.3 is 0 Å². The third kappa shape index (κ3) is 3.56. The van der Waals surface area contributed by atoms with Crippen LogP contribution in [0.3, 0.4) is 0 Å². The van der Waals surface area contributed by atoms with E-state index in [9.17, 15) is 13.2 Å². The fourth-order valence-corrected chi connectivity index (χ4v) is 6.03. The molecule has 0 atom stereocenters. The largest absolute Gasteiger partial charge is 0.359 e. The van der Waals surface area contributed by atoms with Crippen LogP contribution in [0.4, 0.5) is 5.69 Å². The monoisotopic (exact) mass is 465 g/mol. The molecular formula is C23H23N5O4S. The molecule has 0 saturated heterocycles. The highest BCUT2D eigenvalue weighted by molar-refractivity contribution is 7.92. The molecule has 0 spiro atoms. The number of rotatable bonds is 5. The number of pyridine rings is 1. The highest BCUT2D eigenvalue weighted by Crippen LogP contribution is 2.33. The zero-order valence-electron chi connectivity index (χ0n) is 18.3. The van der Waals surface area contributed by atoms with Crippen LogP contribution in [-0.4, -0.2) is 35.6 Å². The van der Waals surface area contributed by atoms with Gasteiger partial charge in [0.1, 0.15) is 16.3 Å². The van der Waals surface area contributed by atoms with Crippen molar-refractivity contribution in [2.45, 2.75) is 31.2 Å². The van der Waals surface area contributed by atoms with Crippen molar-refractivity contribution in [3.05, 3.63) is 71.5 Å². The Morgan fingerprint density at radius 2 is 2.09 bits per heavy atom. The Labute approximate surface area is 191 Å². The summed E-state index contributed by atoms with van der Waals surface area (Å²) in [4.78, 5) is 17.5. The van der Waals surface area contributed by atoms with Crippen LogP contribution in [0.1, 0.15) is 33.9 Å². The second-order valence-corrected chi connectivity index (χ2v) is 9.85. The quantitative estimate of drug-likeness (QED) is 0.485. The second-order valence-electron chi connectivity index (χ2n) is 8.02. The summed E-state index contributed by atoms with van der Waals surface area (Å²) in [6.45, 7) is 2.32. The summed E-state index contributed by atoms with van der Waals surface area (Å²) in [5, 5.41) is 7.62. The third-order valence-electron chi connectivity index (χ3n) is 6.12. The van der Waals surface area contributed by atoms with E-state index in [1.54, 1.807) is 24.7 Å². The number of hydrogen-bond acceptors (Lipinski definition) is 6. The van der Waals surface area contributed by atoms with E-state index in [2.05, 4.69) is 15.5 Å². The molecule has 0 saturated carbocycles. The lowest BCUT2D eigenvalue weighted by molar-refractivity contribution is 0.0942. The minimum Gasteiger partial charge on any atom is -0.359 e. The number of nitrogens with zero attached hydrogens (tertiary/aromatic N) is 4. The number of sulfonamides is 1. The van der Waals surface area contributed by atoms with Gasteiger partial charge in [-0.3, -0.25) is 14.1 Å². The molecule has 10 heteroatoms. The molecular weight excluding hydrogens is 442 g/mol. The Morgan fingerprint density at radius 1 is 1.24 bits per heavy atom. The lowest BCUT2D eigenvalue weighted by Crippen LogP contribution is -2.35. The Bertz CT molecular complexity index is 1470. The minimum atomic E-state index is -3.88. The molecule has 1 N–H and O–H groups in total. The summed E-state index contributed by atoms with van der Waals surface area (Å²) >= 11 is 0. The van der Waals surface area contributed by atoms with Crippen molar-refractivity contribution in [3.8, 4) is 0 Å². The highest BCUT2D eigenvalue weighted by Gasteiger charge is 2.34. The van der Waals surface area contributed by atoms with Gasteiger partial charge < -0.3 is 14.4 Å². The first kappa shape index (κ1) is 21.2. The molecule has 0 bridgehead atoms. The lowest BCUT2D eigenvalue weighted by atomic mass is 10.1. The Morgan fingerprint density at radius 3 is 2.94 bits per heavy atom. The van der Waals surface area contributed by atoms with Gasteiger partial charge in [0.25, 0.3) is 15.9 Å². The van der Waals surface area contributed by atoms with Gasteiger partial charge in [-0.25, -0.2) is 8.42 Å². The summed E-state index contributed by atoms with van der Waals surface area (Å²) in [5.74, 6) is 0.202. The summed E-state index contributed by atoms with van der Waals surface area (Å²) in [5.41, 5.74) is 2.99. The summed E-state index contributed by atoms with van der Waals surface area (Å²) in [7, 11) is -2.20.